The number of ether oxygens (including phenoxy) is 2. The molecule has 0 spiro atoms. The molecule has 1 aliphatic carbocycles. The van der Waals surface area contributed by atoms with E-state index in [2.05, 4.69) is 39.2 Å². The first-order valence-corrected chi connectivity index (χ1v) is 11.6. The Bertz CT molecular complexity index is 923. The molecule has 0 bridgehead atoms. The molecule has 1 aromatic heterocycles. The SMILES string of the molecule is C[C@@H]1CCc2nc(NC(=O)CN3CCN(Cc4ccc5c(c4)OCO5)CC3)sc2C1. The molecule has 8 heteroatoms. The lowest BCUT2D eigenvalue weighted by Crippen LogP contribution is -2.48. The van der Waals surface area contributed by atoms with Crippen LogP contribution in [-0.4, -0.2) is 60.2 Å². The number of hydrogen-bond acceptors (Lipinski definition) is 7. The van der Waals surface area contributed by atoms with Crippen LogP contribution in [0.4, 0.5) is 5.13 Å². The first-order valence-electron chi connectivity index (χ1n) is 10.7. The molecule has 1 amide bonds. The van der Waals surface area contributed by atoms with Gasteiger partial charge in [0.2, 0.25) is 12.7 Å². The molecule has 0 radical (unpaired) electrons. The van der Waals surface area contributed by atoms with Gasteiger partial charge in [0.1, 0.15) is 0 Å². The zero-order valence-electron chi connectivity index (χ0n) is 17.4. The highest BCUT2D eigenvalue weighted by molar-refractivity contribution is 7.15. The van der Waals surface area contributed by atoms with Crippen molar-refractivity contribution < 1.29 is 14.3 Å². The number of thiazole rings is 1. The van der Waals surface area contributed by atoms with E-state index in [4.69, 9.17) is 9.47 Å². The fraction of sp³-hybridized carbons (Fsp3) is 0.545. The minimum Gasteiger partial charge on any atom is -0.454 e. The zero-order valence-corrected chi connectivity index (χ0v) is 18.2. The lowest BCUT2D eigenvalue weighted by molar-refractivity contribution is -0.117. The molecule has 5 rings (SSSR count). The van der Waals surface area contributed by atoms with Gasteiger partial charge in [-0.15, -0.1) is 11.3 Å². The summed E-state index contributed by atoms with van der Waals surface area (Å²) in [5.74, 6) is 2.42. The van der Waals surface area contributed by atoms with Crippen LogP contribution in [0, 0.1) is 5.92 Å². The molecule has 7 nitrogen and oxygen atoms in total. The van der Waals surface area contributed by atoms with Crippen molar-refractivity contribution in [3.05, 3.63) is 34.3 Å². The number of benzene rings is 1. The molecule has 1 aromatic carbocycles. The van der Waals surface area contributed by atoms with Gasteiger partial charge in [0, 0.05) is 37.6 Å². The van der Waals surface area contributed by atoms with E-state index in [0.29, 0.717) is 13.3 Å². The molecule has 2 aliphatic heterocycles. The highest BCUT2D eigenvalue weighted by Gasteiger charge is 2.23. The van der Waals surface area contributed by atoms with Crippen LogP contribution in [-0.2, 0) is 24.2 Å². The van der Waals surface area contributed by atoms with E-state index >= 15 is 0 Å². The van der Waals surface area contributed by atoms with E-state index in [1.54, 1.807) is 11.3 Å². The maximum atomic E-state index is 12.5. The molecule has 1 saturated heterocycles. The summed E-state index contributed by atoms with van der Waals surface area (Å²) in [6, 6.07) is 6.15. The fourth-order valence-corrected chi connectivity index (χ4v) is 5.55. The summed E-state index contributed by atoms with van der Waals surface area (Å²) in [6.07, 6.45) is 3.32. The zero-order chi connectivity index (χ0) is 20.5. The molecule has 2 aromatic rings. The first kappa shape index (κ1) is 19.8. The van der Waals surface area contributed by atoms with E-state index < -0.39 is 0 Å². The molecule has 1 atom stereocenters. The maximum absolute atomic E-state index is 12.5. The van der Waals surface area contributed by atoms with Crippen LogP contribution in [0.1, 0.15) is 29.5 Å². The molecular formula is C22H28N4O3S. The van der Waals surface area contributed by atoms with E-state index in [0.717, 1.165) is 68.1 Å². The molecular weight excluding hydrogens is 400 g/mol. The van der Waals surface area contributed by atoms with Crippen molar-refractivity contribution >= 4 is 22.4 Å². The summed E-state index contributed by atoms with van der Waals surface area (Å²) in [7, 11) is 0. The van der Waals surface area contributed by atoms with Gasteiger partial charge in [-0.3, -0.25) is 14.6 Å². The number of rotatable bonds is 5. The lowest BCUT2D eigenvalue weighted by Gasteiger charge is -2.34. The highest BCUT2D eigenvalue weighted by Crippen LogP contribution is 2.33. The molecule has 1 fully saturated rings. The monoisotopic (exact) mass is 428 g/mol. The Labute approximate surface area is 181 Å². The number of nitrogens with one attached hydrogen (secondary N) is 1. The van der Waals surface area contributed by atoms with Gasteiger partial charge in [-0.2, -0.15) is 0 Å². The summed E-state index contributed by atoms with van der Waals surface area (Å²) in [4.78, 5) is 23.1. The van der Waals surface area contributed by atoms with Crippen LogP contribution in [0.2, 0.25) is 0 Å². The summed E-state index contributed by atoms with van der Waals surface area (Å²) in [5.41, 5.74) is 2.41. The molecule has 3 heterocycles. The first-order chi connectivity index (χ1) is 14.6. The number of piperazine rings is 1. The second-order valence-corrected chi connectivity index (χ2v) is 9.61. The summed E-state index contributed by atoms with van der Waals surface area (Å²) in [5, 5.41) is 3.79. The molecule has 160 valence electrons. The Morgan fingerprint density at radius 1 is 1.20 bits per heavy atom. The smallest absolute Gasteiger partial charge is 0.240 e. The standard InChI is InChI=1S/C22H28N4O3S/c1-15-2-4-17-20(10-15)30-22(23-17)24-21(27)13-26-8-6-25(7-9-26)12-16-3-5-18-19(11-16)29-14-28-18/h3,5,11,15H,2,4,6-10,12-14H2,1H3,(H,23,24,27)/t15-/m1/s1. The number of carbonyl (C=O) groups excluding carboxylic acids is 1. The molecule has 1 N–H and O–H groups in total. The lowest BCUT2D eigenvalue weighted by atomic mass is 9.93. The quantitative estimate of drug-likeness (QED) is 0.790. The summed E-state index contributed by atoms with van der Waals surface area (Å²) < 4.78 is 10.9. The highest BCUT2D eigenvalue weighted by atomic mass is 32.1. The Hall–Kier alpha value is -2.16. The predicted molar refractivity (Wildman–Crippen MR) is 116 cm³/mol. The Balaban J connectivity index is 1.08. The van der Waals surface area contributed by atoms with E-state index in [9.17, 15) is 4.79 Å². The van der Waals surface area contributed by atoms with Crippen LogP contribution < -0.4 is 14.8 Å². The van der Waals surface area contributed by atoms with Crippen molar-refractivity contribution in [3.8, 4) is 11.5 Å². The van der Waals surface area contributed by atoms with Crippen molar-refractivity contribution in [2.24, 2.45) is 5.92 Å². The van der Waals surface area contributed by atoms with Crippen molar-refractivity contribution in [3.63, 3.8) is 0 Å². The van der Waals surface area contributed by atoms with Crippen LogP contribution in [0.25, 0.3) is 0 Å². The minimum absolute atomic E-state index is 0.0402. The van der Waals surface area contributed by atoms with Crippen molar-refractivity contribution in [2.75, 3.05) is 44.8 Å². The third-order valence-corrected chi connectivity index (χ3v) is 7.14. The van der Waals surface area contributed by atoms with E-state index in [1.807, 2.05) is 6.07 Å². The van der Waals surface area contributed by atoms with Crippen LogP contribution in [0.3, 0.4) is 0 Å². The second-order valence-electron chi connectivity index (χ2n) is 8.52. The largest absolute Gasteiger partial charge is 0.454 e. The Kier molecular flexibility index (Phi) is 5.62. The number of anilines is 1. The number of hydrogen-bond donors (Lipinski definition) is 1. The average molecular weight is 429 g/mol. The average Bonchev–Trinajstić information content (AvgIpc) is 3.34. The van der Waals surface area contributed by atoms with Crippen LogP contribution in [0.5, 0.6) is 11.5 Å². The molecule has 0 unspecified atom stereocenters. The third kappa shape index (κ3) is 4.45. The molecule has 3 aliphatic rings. The topological polar surface area (TPSA) is 66.9 Å². The third-order valence-electron chi connectivity index (χ3n) is 6.11. The van der Waals surface area contributed by atoms with Gasteiger partial charge in [0.15, 0.2) is 16.6 Å². The van der Waals surface area contributed by atoms with E-state index in [-0.39, 0.29) is 5.91 Å². The fourth-order valence-electron chi connectivity index (χ4n) is 4.36. The van der Waals surface area contributed by atoms with Crippen LogP contribution >= 0.6 is 11.3 Å². The molecule has 0 saturated carbocycles. The maximum Gasteiger partial charge on any atom is 0.240 e. The summed E-state index contributed by atoms with van der Waals surface area (Å²) in [6.45, 7) is 7.59. The van der Waals surface area contributed by atoms with Gasteiger partial charge in [-0.05, 0) is 42.9 Å². The Morgan fingerprint density at radius 2 is 2.00 bits per heavy atom. The minimum atomic E-state index is 0.0402. The van der Waals surface area contributed by atoms with Gasteiger partial charge >= 0.3 is 0 Å². The number of fused-ring (bicyclic) bond motifs is 2. The number of aromatic nitrogens is 1. The summed E-state index contributed by atoms with van der Waals surface area (Å²) >= 11 is 1.65. The number of carbonyl (C=O) groups is 1. The molecule has 30 heavy (non-hydrogen) atoms. The van der Waals surface area contributed by atoms with Gasteiger partial charge in [0.25, 0.3) is 0 Å². The predicted octanol–water partition coefficient (Wildman–Crippen LogP) is 2.75. The number of aryl methyl sites for hydroxylation is 1. The van der Waals surface area contributed by atoms with Crippen LogP contribution in [0.15, 0.2) is 18.2 Å². The second kappa shape index (κ2) is 8.53. The number of nitrogens with zero attached hydrogens (tertiary/aromatic N) is 3. The van der Waals surface area contributed by atoms with Gasteiger partial charge in [-0.25, -0.2) is 4.98 Å². The Morgan fingerprint density at radius 3 is 2.87 bits per heavy atom. The normalized spacial score (nSPS) is 21.4. The van der Waals surface area contributed by atoms with Gasteiger partial charge < -0.3 is 14.8 Å². The van der Waals surface area contributed by atoms with Crippen molar-refractivity contribution in [1.82, 2.24) is 14.8 Å². The number of amides is 1. The van der Waals surface area contributed by atoms with E-state index in [1.165, 1.54) is 22.6 Å². The van der Waals surface area contributed by atoms with Gasteiger partial charge in [-0.1, -0.05) is 13.0 Å². The van der Waals surface area contributed by atoms with Crippen molar-refractivity contribution in [2.45, 2.75) is 32.7 Å². The van der Waals surface area contributed by atoms with Crippen molar-refractivity contribution in [1.29, 1.82) is 0 Å². The van der Waals surface area contributed by atoms with Gasteiger partial charge in [0.05, 0.1) is 12.2 Å².